The van der Waals surface area contributed by atoms with E-state index in [1.54, 1.807) is 18.2 Å². The molecule has 1 aromatic carbocycles. The lowest BCUT2D eigenvalue weighted by Gasteiger charge is -2.33. The molecule has 0 heterocycles. The van der Waals surface area contributed by atoms with Crippen LogP contribution in [0.25, 0.3) is 0 Å². The van der Waals surface area contributed by atoms with Gasteiger partial charge in [-0.2, -0.15) is 0 Å². The fourth-order valence-corrected chi connectivity index (χ4v) is 6.51. The molecule has 0 radical (unpaired) electrons. The third-order valence-corrected chi connectivity index (χ3v) is 6.74. The first-order chi connectivity index (χ1) is 11.1. The molecule has 0 amide bonds. The second-order valence-corrected chi connectivity index (χ2v) is 13.2. The zero-order valence-electron chi connectivity index (χ0n) is 12.0. The van der Waals surface area contributed by atoms with E-state index >= 15 is 0 Å². The van der Waals surface area contributed by atoms with Gasteiger partial charge in [-0.05, 0) is 81.5 Å². The first-order valence-electron chi connectivity index (χ1n) is 6.70. The van der Waals surface area contributed by atoms with Crippen molar-refractivity contribution in [2.75, 3.05) is 0 Å². The molecule has 130 valence electrons. The number of alkyl halides is 2. The summed E-state index contributed by atoms with van der Waals surface area (Å²) in [4.78, 5) is 11.0. The number of carbonyl (C=O) groups is 1. The Kier molecular flexibility index (Phi) is 7.47. The predicted molar refractivity (Wildman–Crippen MR) is 126 cm³/mol. The van der Waals surface area contributed by atoms with Crippen LogP contribution in [0.15, 0.2) is 39.5 Å². The van der Waals surface area contributed by atoms with Gasteiger partial charge in [-0.3, -0.25) is 4.79 Å². The number of hydrogen-bond acceptors (Lipinski definition) is 4. The Morgan fingerprint density at radius 2 is 2.04 bits per heavy atom. The van der Waals surface area contributed by atoms with E-state index < -0.39 is 12.0 Å². The molecule has 0 bridgehead atoms. The third-order valence-electron chi connectivity index (χ3n) is 3.25. The molecule has 1 aromatic rings. The van der Waals surface area contributed by atoms with E-state index in [2.05, 4.69) is 67.8 Å². The van der Waals surface area contributed by atoms with Gasteiger partial charge in [0.2, 0.25) is 0 Å². The lowest BCUT2D eigenvalue weighted by Crippen LogP contribution is -2.37. The van der Waals surface area contributed by atoms with Crippen molar-refractivity contribution in [1.29, 1.82) is 0 Å². The summed E-state index contributed by atoms with van der Waals surface area (Å²) in [5.74, 6) is -0.123. The predicted octanol–water partition coefficient (Wildman–Crippen LogP) is 4.37. The number of hydrogen-bond donors (Lipinski definition) is 3. The molecule has 0 saturated carbocycles. The number of rotatable bonds is 5. The SMILES string of the molecule is N[C@@H](CC1=CC(I)(I)C(Oc2ccc(O)c(I)c2)C(I)=C1)C(=O)O. The number of nitrogens with two attached hydrogens (primary N) is 1. The van der Waals surface area contributed by atoms with Crippen molar-refractivity contribution in [1.82, 2.24) is 0 Å². The maximum atomic E-state index is 11.0. The van der Waals surface area contributed by atoms with Crippen LogP contribution in [0.1, 0.15) is 6.42 Å². The highest BCUT2D eigenvalue weighted by Crippen LogP contribution is 2.45. The maximum Gasteiger partial charge on any atom is 0.320 e. The van der Waals surface area contributed by atoms with Crippen molar-refractivity contribution in [2.45, 2.75) is 20.0 Å². The molecular formula is C15H13I4NO4. The van der Waals surface area contributed by atoms with E-state index in [-0.39, 0.29) is 19.7 Å². The van der Waals surface area contributed by atoms with Gasteiger partial charge in [0.1, 0.15) is 19.0 Å². The quantitative estimate of drug-likeness (QED) is 0.306. The molecule has 0 aromatic heterocycles. The van der Waals surface area contributed by atoms with Crippen LogP contribution >= 0.6 is 90.4 Å². The van der Waals surface area contributed by atoms with Crippen molar-refractivity contribution < 1.29 is 19.7 Å². The van der Waals surface area contributed by atoms with Crippen LogP contribution in [0.2, 0.25) is 0 Å². The molecule has 1 aliphatic carbocycles. The van der Waals surface area contributed by atoms with Crippen LogP contribution in [0, 0.1) is 3.57 Å². The highest BCUT2D eigenvalue weighted by Gasteiger charge is 2.39. The van der Waals surface area contributed by atoms with Gasteiger partial charge in [0.25, 0.3) is 0 Å². The fraction of sp³-hybridized carbons (Fsp3) is 0.267. The molecule has 2 rings (SSSR count). The van der Waals surface area contributed by atoms with Crippen molar-refractivity contribution in [2.24, 2.45) is 5.73 Å². The number of allylic oxidation sites excluding steroid dienone is 1. The smallest absolute Gasteiger partial charge is 0.320 e. The number of aromatic hydroxyl groups is 1. The van der Waals surface area contributed by atoms with Gasteiger partial charge in [0.05, 0.1) is 3.57 Å². The minimum absolute atomic E-state index is 0.218. The summed E-state index contributed by atoms with van der Waals surface area (Å²) in [6.45, 7) is 0. The molecule has 1 unspecified atom stereocenters. The van der Waals surface area contributed by atoms with Crippen molar-refractivity contribution in [3.63, 3.8) is 0 Å². The van der Waals surface area contributed by atoms with Crippen molar-refractivity contribution >= 4 is 96.3 Å². The molecule has 4 N–H and O–H groups in total. The Morgan fingerprint density at radius 1 is 1.38 bits per heavy atom. The Morgan fingerprint density at radius 3 is 2.58 bits per heavy atom. The third kappa shape index (κ3) is 5.33. The summed E-state index contributed by atoms with van der Waals surface area (Å²) in [7, 11) is 0. The molecule has 0 spiro atoms. The number of carboxylic acid groups (broad SMARTS) is 1. The summed E-state index contributed by atoms with van der Waals surface area (Å²) < 4.78 is 7.43. The highest BCUT2D eigenvalue weighted by atomic mass is 127. The number of aliphatic carboxylic acids is 1. The van der Waals surface area contributed by atoms with E-state index in [4.69, 9.17) is 15.6 Å². The van der Waals surface area contributed by atoms with Gasteiger partial charge >= 0.3 is 5.97 Å². The van der Waals surface area contributed by atoms with Gasteiger partial charge in [0.15, 0.2) is 6.10 Å². The molecule has 0 aliphatic heterocycles. The molecule has 5 nitrogen and oxygen atoms in total. The standard InChI is InChI=1S/C15H13I4NO4/c16-9-5-8(1-2-12(9)21)24-13-10(17)3-7(6-15(13,18)19)4-11(20)14(22)23/h1-3,5-6,11,13,21H,4,20H2,(H,22,23)/t11-,13?/m0/s1. The lowest BCUT2D eigenvalue weighted by atomic mass is 9.99. The Balaban J connectivity index is 2.21. The van der Waals surface area contributed by atoms with Gasteiger partial charge in [-0.1, -0.05) is 51.3 Å². The number of phenols is 1. The number of benzene rings is 1. The molecule has 24 heavy (non-hydrogen) atoms. The Labute approximate surface area is 194 Å². The van der Waals surface area contributed by atoms with Crippen LogP contribution in [0.4, 0.5) is 0 Å². The summed E-state index contributed by atoms with van der Waals surface area (Å²) in [6, 6.07) is 4.19. The van der Waals surface area contributed by atoms with Gasteiger partial charge in [0, 0.05) is 3.58 Å². The summed E-state index contributed by atoms with van der Waals surface area (Å²) in [5.41, 5.74) is 6.52. The van der Waals surface area contributed by atoms with Gasteiger partial charge in [-0.15, -0.1) is 0 Å². The van der Waals surface area contributed by atoms with E-state index in [0.717, 1.165) is 12.7 Å². The zero-order chi connectivity index (χ0) is 18.1. The normalized spacial score (nSPS) is 20.8. The summed E-state index contributed by atoms with van der Waals surface area (Å²) in [6.07, 6.45) is 3.98. The molecular weight excluding hydrogens is 766 g/mol. The summed E-state index contributed by atoms with van der Waals surface area (Å²) >= 11 is 8.84. The molecule has 9 heteroatoms. The zero-order valence-corrected chi connectivity index (χ0v) is 20.7. The fourth-order valence-electron chi connectivity index (χ4n) is 2.09. The Hall–Kier alpha value is 0.650. The summed E-state index contributed by atoms with van der Waals surface area (Å²) in [5, 5.41) is 18.6. The lowest BCUT2D eigenvalue weighted by molar-refractivity contribution is -0.138. The molecule has 0 fully saturated rings. The highest BCUT2D eigenvalue weighted by molar-refractivity contribution is 14.2. The van der Waals surface area contributed by atoms with Crippen LogP contribution < -0.4 is 10.5 Å². The van der Waals surface area contributed by atoms with Crippen LogP contribution in [-0.4, -0.2) is 29.8 Å². The van der Waals surface area contributed by atoms with Gasteiger partial charge in [-0.25, -0.2) is 0 Å². The minimum atomic E-state index is -1.01. The monoisotopic (exact) mass is 779 g/mol. The largest absolute Gasteiger partial charge is 0.507 e. The average Bonchev–Trinajstić information content (AvgIpc) is 2.46. The number of carboxylic acids is 1. The number of phenolic OH excluding ortho intramolecular Hbond substituents is 1. The average molecular weight is 779 g/mol. The van der Waals surface area contributed by atoms with Crippen molar-refractivity contribution in [3.05, 3.63) is 43.1 Å². The second kappa shape index (κ2) is 8.56. The van der Waals surface area contributed by atoms with Crippen molar-refractivity contribution in [3.8, 4) is 11.5 Å². The number of ether oxygens (including phenoxy) is 1. The first kappa shape index (κ1) is 21.0. The topological polar surface area (TPSA) is 92.8 Å². The van der Waals surface area contributed by atoms with E-state index in [9.17, 15) is 9.90 Å². The van der Waals surface area contributed by atoms with E-state index in [1.165, 1.54) is 0 Å². The first-order valence-corrected chi connectivity index (χ1v) is 11.0. The molecule has 2 atom stereocenters. The maximum absolute atomic E-state index is 11.0. The molecule has 1 aliphatic rings. The van der Waals surface area contributed by atoms with E-state index in [1.807, 2.05) is 34.7 Å². The second-order valence-electron chi connectivity index (χ2n) is 5.18. The van der Waals surface area contributed by atoms with Gasteiger partial charge < -0.3 is 20.7 Å². The Bertz CT molecular complexity index is 717. The molecule has 0 saturated heterocycles. The van der Waals surface area contributed by atoms with Crippen LogP contribution in [0.3, 0.4) is 0 Å². The van der Waals surface area contributed by atoms with Crippen LogP contribution in [0.5, 0.6) is 11.5 Å². The van der Waals surface area contributed by atoms with E-state index in [0.29, 0.717) is 5.75 Å². The minimum Gasteiger partial charge on any atom is -0.507 e. The van der Waals surface area contributed by atoms with Crippen LogP contribution in [-0.2, 0) is 4.79 Å². The number of halogens is 4.